The van der Waals surface area contributed by atoms with Crippen LogP contribution >= 0.6 is 7.82 Å². The van der Waals surface area contributed by atoms with Gasteiger partial charge in [0.25, 0.3) is 7.82 Å². The van der Waals surface area contributed by atoms with Gasteiger partial charge in [0.2, 0.25) is 5.91 Å². The molecule has 1 amide bonds. The number of hydrogen-bond donors (Lipinski definition) is 2. The summed E-state index contributed by atoms with van der Waals surface area (Å²) in [4.78, 5) is 25.4. The zero-order valence-electron chi connectivity index (χ0n) is 47.3. The van der Waals surface area contributed by atoms with Gasteiger partial charge >= 0.3 is 0 Å². The standard InChI is InChI=1S/C64H109N2O6P/c1-6-8-10-12-14-16-18-20-21-22-23-24-25-26-27-28-29-30-31-32-33-34-35-36-37-38-39-40-41-42-43-44-45-46-48-50-52-54-56-58-64(68)65-62(61-72-73(69,70)71-60-59-66(3,4)5)63(67)57-55-53-51-49-47-19-17-15-13-11-9-7-2/h8,10,13-16,20-21,23-24,26-27,29-30,32-33,35-36,47,49,55,57,62-63,67H,6-7,9,11-12,17-19,22,25,28,31,34,37-46,48,50-54,56,58-61H2,1-5H3,(H-,65,68,69,70)/b10-8-,15-13+,16-14-,21-20-,24-23-,27-26-,30-29-,33-32-,36-35-,49-47+,57-55+. The summed E-state index contributed by atoms with van der Waals surface area (Å²) in [5, 5.41) is 13.8. The molecule has 0 bridgehead atoms. The zero-order chi connectivity index (χ0) is 53.5. The minimum absolute atomic E-state index is 0.0147. The van der Waals surface area contributed by atoms with Crippen LogP contribution in [0.3, 0.4) is 0 Å². The van der Waals surface area contributed by atoms with E-state index in [9.17, 15) is 19.4 Å². The summed E-state index contributed by atoms with van der Waals surface area (Å²) in [7, 11) is 1.22. The van der Waals surface area contributed by atoms with Crippen molar-refractivity contribution in [3.63, 3.8) is 0 Å². The van der Waals surface area contributed by atoms with Crippen LogP contribution in [-0.4, -0.2) is 68.5 Å². The number of rotatable bonds is 51. The number of nitrogens with one attached hydrogen (secondary N) is 1. The van der Waals surface area contributed by atoms with Gasteiger partial charge in [-0.05, 0) is 103 Å². The minimum Gasteiger partial charge on any atom is -0.756 e. The molecule has 0 aromatic rings. The summed E-state index contributed by atoms with van der Waals surface area (Å²) in [6.07, 6.45) is 81.2. The number of allylic oxidation sites excluding steroid dienone is 21. The molecular weight excluding hydrogens is 924 g/mol. The van der Waals surface area contributed by atoms with Crippen molar-refractivity contribution in [2.45, 2.75) is 225 Å². The Morgan fingerprint density at radius 3 is 1.27 bits per heavy atom. The molecule has 0 aliphatic heterocycles. The number of unbranched alkanes of at least 4 members (excludes halogenated alkanes) is 18. The highest BCUT2D eigenvalue weighted by Gasteiger charge is 2.23. The largest absolute Gasteiger partial charge is 0.756 e. The van der Waals surface area contributed by atoms with Crippen LogP contribution in [0, 0.1) is 0 Å². The Kier molecular flexibility index (Phi) is 51.0. The van der Waals surface area contributed by atoms with Crippen LogP contribution in [0.1, 0.15) is 213 Å². The smallest absolute Gasteiger partial charge is 0.268 e. The Labute approximate surface area is 449 Å². The summed E-state index contributed by atoms with van der Waals surface area (Å²) in [6, 6.07) is -0.916. The van der Waals surface area contributed by atoms with Crippen molar-refractivity contribution < 1.29 is 32.9 Å². The first-order valence-corrected chi connectivity index (χ1v) is 30.5. The molecule has 0 aromatic heterocycles. The van der Waals surface area contributed by atoms with Crippen LogP contribution < -0.4 is 10.2 Å². The van der Waals surface area contributed by atoms with Gasteiger partial charge in [0.15, 0.2) is 0 Å². The van der Waals surface area contributed by atoms with Crippen LogP contribution in [0.2, 0.25) is 0 Å². The molecular formula is C64H109N2O6P. The molecule has 0 spiro atoms. The van der Waals surface area contributed by atoms with Crippen LogP contribution in [0.15, 0.2) is 134 Å². The van der Waals surface area contributed by atoms with Crippen LogP contribution in [0.4, 0.5) is 0 Å². The van der Waals surface area contributed by atoms with E-state index in [1.807, 2.05) is 27.2 Å². The SMILES string of the molecule is CC/C=C\C/C=C\C/C=C\C/C=C\C/C=C\C/C=C\C/C=C\C/C=C\CCCCCCCCCCCCCCCCC(=O)NC(COP(=O)([O-])OCC[N+](C)(C)C)C(O)/C=C/CC/C=C/CC/C=C/CCCC. The van der Waals surface area contributed by atoms with Crippen molar-refractivity contribution in [1.29, 1.82) is 0 Å². The number of nitrogens with zero attached hydrogens (tertiary/aromatic N) is 1. The molecule has 0 fully saturated rings. The highest BCUT2D eigenvalue weighted by molar-refractivity contribution is 7.45. The third-order valence-corrected chi connectivity index (χ3v) is 13.0. The molecule has 0 aliphatic carbocycles. The summed E-state index contributed by atoms with van der Waals surface area (Å²) in [5.74, 6) is -0.219. The van der Waals surface area contributed by atoms with Crippen molar-refractivity contribution in [2.24, 2.45) is 0 Å². The third kappa shape index (κ3) is 56.2. The predicted molar refractivity (Wildman–Crippen MR) is 315 cm³/mol. The lowest BCUT2D eigenvalue weighted by molar-refractivity contribution is -0.870. The number of quaternary nitrogens is 1. The number of phosphoric acid groups is 1. The van der Waals surface area contributed by atoms with Crippen LogP contribution in [-0.2, 0) is 18.4 Å². The fourth-order valence-corrected chi connectivity index (χ4v) is 8.26. The van der Waals surface area contributed by atoms with Crippen LogP contribution in [0.5, 0.6) is 0 Å². The van der Waals surface area contributed by atoms with Gasteiger partial charge in [-0.25, -0.2) is 0 Å². The van der Waals surface area contributed by atoms with Crippen molar-refractivity contribution >= 4 is 13.7 Å². The molecule has 9 heteroatoms. The van der Waals surface area contributed by atoms with Gasteiger partial charge in [0, 0.05) is 6.42 Å². The molecule has 8 nitrogen and oxygen atoms in total. The lowest BCUT2D eigenvalue weighted by Crippen LogP contribution is -2.45. The van der Waals surface area contributed by atoms with Gasteiger partial charge < -0.3 is 28.8 Å². The predicted octanol–water partition coefficient (Wildman–Crippen LogP) is 17.3. The van der Waals surface area contributed by atoms with E-state index in [1.165, 1.54) is 89.9 Å². The van der Waals surface area contributed by atoms with E-state index in [0.29, 0.717) is 17.4 Å². The number of aliphatic hydroxyl groups is 1. The zero-order valence-corrected chi connectivity index (χ0v) is 48.2. The Morgan fingerprint density at radius 1 is 0.493 bits per heavy atom. The summed E-state index contributed by atoms with van der Waals surface area (Å²) in [6.45, 7) is 4.43. The lowest BCUT2D eigenvalue weighted by Gasteiger charge is -2.29. The summed E-state index contributed by atoms with van der Waals surface area (Å²) < 4.78 is 23.2. The molecule has 0 rings (SSSR count). The number of amides is 1. The molecule has 0 saturated carbocycles. The van der Waals surface area contributed by atoms with E-state index >= 15 is 0 Å². The topological polar surface area (TPSA) is 108 Å². The molecule has 0 aliphatic rings. The highest BCUT2D eigenvalue weighted by atomic mass is 31.2. The number of carbonyl (C=O) groups is 1. The summed E-state index contributed by atoms with van der Waals surface area (Å²) >= 11 is 0. The molecule has 2 N–H and O–H groups in total. The Hall–Kier alpha value is -3.36. The molecule has 3 unspecified atom stereocenters. The number of aliphatic hydroxyl groups excluding tert-OH is 1. The van der Waals surface area contributed by atoms with Gasteiger partial charge in [-0.15, -0.1) is 0 Å². The van der Waals surface area contributed by atoms with E-state index < -0.39 is 26.6 Å². The van der Waals surface area contributed by atoms with Gasteiger partial charge in [-0.2, -0.15) is 0 Å². The first kappa shape index (κ1) is 69.6. The fraction of sp³-hybridized carbons (Fsp3) is 0.641. The molecule has 0 aromatic carbocycles. The van der Waals surface area contributed by atoms with E-state index in [4.69, 9.17) is 9.05 Å². The first-order chi connectivity index (χ1) is 35.5. The number of likely N-dealkylation sites (N-methyl/N-ethyl adjacent to an activating group) is 1. The van der Waals surface area contributed by atoms with Gasteiger partial charge in [-0.3, -0.25) is 9.36 Å². The minimum atomic E-state index is -4.61. The maximum atomic E-state index is 12.9. The maximum Gasteiger partial charge on any atom is 0.268 e. The molecule has 0 heterocycles. The second-order valence-electron chi connectivity index (χ2n) is 20.2. The highest BCUT2D eigenvalue weighted by Crippen LogP contribution is 2.38. The lowest BCUT2D eigenvalue weighted by atomic mass is 10.0. The monoisotopic (exact) mass is 1030 g/mol. The number of hydrogen-bond acceptors (Lipinski definition) is 6. The molecule has 73 heavy (non-hydrogen) atoms. The summed E-state index contributed by atoms with van der Waals surface area (Å²) in [5.41, 5.74) is 0. The fourth-order valence-electron chi connectivity index (χ4n) is 7.54. The Balaban J connectivity index is 4.05. The molecule has 416 valence electrons. The second kappa shape index (κ2) is 53.5. The van der Waals surface area contributed by atoms with Crippen molar-refractivity contribution in [3.8, 4) is 0 Å². The van der Waals surface area contributed by atoms with Crippen molar-refractivity contribution in [1.82, 2.24) is 5.32 Å². The van der Waals surface area contributed by atoms with Gasteiger partial charge in [0.1, 0.15) is 13.2 Å². The van der Waals surface area contributed by atoms with E-state index in [2.05, 4.69) is 141 Å². The first-order valence-electron chi connectivity index (χ1n) is 29.0. The second-order valence-corrected chi connectivity index (χ2v) is 21.7. The molecule has 0 saturated heterocycles. The molecule has 0 radical (unpaired) electrons. The Bertz CT molecular complexity index is 1640. The van der Waals surface area contributed by atoms with Gasteiger partial charge in [-0.1, -0.05) is 237 Å². The van der Waals surface area contributed by atoms with Crippen molar-refractivity contribution in [3.05, 3.63) is 134 Å². The van der Waals surface area contributed by atoms with E-state index in [0.717, 1.165) is 103 Å². The average Bonchev–Trinajstić information content (AvgIpc) is 3.35. The third-order valence-electron chi connectivity index (χ3n) is 12.1. The molecule has 3 atom stereocenters. The van der Waals surface area contributed by atoms with Crippen molar-refractivity contribution in [2.75, 3.05) is 40.9 Å². The van der Waals surface area contributed by atoms with Gasteiger partial charge in [0.05, 0.1) is 39.9 Å². The normalized spacial score (nSPS) is 14.9. The quantitative estimate of drug-likeness (QED) is 0.0272. The maximum absolute atomic E-state index is 12.9. The number of phosphoric ester groups is 1. The van der Waals surface area contributed by atoms with E-state index in [1.54, 1.807) is 6.08 Å². The number of carbonyl (C=O) groups excluding carboxylic acids is 1. The van der Waals surface area contributed by atoms with E-state index in [-0.39, 0.29) is 12.5 Å². The van der Waals surface area contributed by atoms with Crippen LogP contribution in [0.25, 0.3) is 0 Å². The average molecular weight is 1030 g/mol. The Morgan fingerprint density at radius 2 is 0.849 bits per heavy atom.